The lowest BCUT2D eigenvalue weighted by atomic mass is 9.92. The van der Waals surface area contributed by atoms with Crippen molar-refractivity contribution in [3.8, 4) is 73.2 Å². The monoisotopic (exact) mass is 816 g/mol. The van der Waals surface area contributed by atoms with E-state index < -0.39 is 48.3 Å². The van der Waals surface area contributed by atoms with E-state index in [9.17, 15) is 5.48 Å². The highest BCUT2D eigenvalue weighted by molar-refractivity contribution is 7.26. The van der Waals surface area contributed by atoms with E-state index in [0.29, 0.717) is 22.9 Å². The van der Waals surface area contributed by atoms with E-state index in [1.54, 1.807) is 11.3 Å². The van der Waals surface area contributed by atoms with E-state index in [1.165, 1.54) is 4.57 Å². The zero-order valence-corrected chi connectivity index (χ0v) is 33.7. The lowest BCUT2D eigenvalue weighted by Gasteiger charge is -2.17. The fraction of sp³-hybridized carbons (Fsp3) is 0. The normalized spacial score (nSPS) is 13.4. The number of para-hydroxylation sites is 2. The summed E-state index contributed by atoms with van der Waals surface area (Å²) in [6.07, 6.45) is 0. The molecular formula is C57H36N4S. The quantitative estimate of drug-likeness (QED) is 0.161. The highest BCUT2D eigenvalue weighted by Gasteiger charge is 2.22. The zero-order valence-electron chi connectivity index (χ0n) is 40.9. The third-order valence-corrected chi connectivity index (χ3v) is 12.5. The summed E-state index contributed by atoms with van der Waals surface area (Å²) in [5, 5.41) is 2.13. The van der Waals surface area contributed by atoms with Gasteiger partial charge in [0, 0.05) is 47.6 Å². The van der Waals surface area contributed by atoms with E-state index in [-0.39, 0.29) is 27.6 Å². The van der Waals surface area contributed by atoms with Gasteiger partial charge in [-0.05, 0) is 87.9 Å². The smallest absolute Gasteiger partial charge is 0.166 e. The van der Waals surface area contributed by atoms with Crippen LogP contribution in [0.25, 0.3) is 115 Å². The number of thiophene rings is 1. The molecule has 0 N–H and O–H groups in total. The van der Waals surface area contributed by atoms with Gasteiger partial charge in [0.2, 0.25) is 0 Å². The summed E-state index contributed by atoms with van der Waals surface area (Å²) in [5.74, 6) is 1.03. The van der Waals surface area contributed by atoms with Gasteiger partial charge >= 0.3 is 0 Å². The lowest BCUT2D eigenvalue weighted by molar-refractivity contribution is 1.07. The van der Waals surface area contributed by atoms with Crippen LogP contribution in [-0.4, -0.2) is 19.5 Å². The van der Waals surface area contributed by atoms with Gasteiger partial charge in [0.25, 0.3) is 0 Å². The number of nitrogens with zero attached hydrogens (tertiary/aromatic N) is 4. The Morgan fingerprint density at radius 2 is 0.887 bits per heavy atom. The van der Waals surface area contributed by atoms with E-state index in [2.05, 4.69) is 60.7 Å². The molecule has 0 amide bonds. The fourth-order valence-electron chi connectivity index (χ4n) is 8.40. The summed E-state index contributed by atoms with van der Waals surface area (Å²) in [6, 6.07) is 52.7. The average molecular weight is 817 g/mol. The zero-order chi connectivity index (χ0) is 47.9. The molecule has 0 unspecified atom stereocenters. The van der Waals surface area contributed by atoms with Crippen molar-refractivity contribution in [1.82, 2.24) is 19.5 Å². The second kappa shape index (κ2) is 14.9. The first-order valence-electron chi connectivity index (χ1n) is 24.2. The Hall–Kier alpha value is -7.99. The van der Waals surface area contributed by atoms with Gasteiger partial charge in [0.1, 0.15) is 0 Å². The fourth-order valence-corrected chi connectivity index (χ4v) is 9.61. The number of hydrogen-bond acceptors (Lipinski definition) is 4. The van der Waals surface area contributed by atoms with Gasteiger partial charge in [-0.25, -0.2) is 15.0 Å². The minimum atomic E-state index is -0.517. The highest BCUT2D eigenvalue weighted by Crippen LogP contribution is 2.42. The second-order valence-electron chi connectivity index (χ2n) is 15.0. The molecule has 9 aromatic carbocycles. The Labute approximate surface area is 374 Å². The van der Waals surface area contributed by atoms with Gasteiger partial charge in [-0.1, -0.05) is 164 Å². The molecule has 0 aliphatic rings. The van der Waals surface area contributed by atoms with Crippen LogP contribution in [0.3, 0.4) is 0 Å². The molecule has 0 bridgehead atoms. The molecule has 4 nitrogen and oxygen atoms in total. The Morgan fingerprint density at radius 3 is 1.53 bits per heavy atom. The number of benzene rings is 9. The van der Waals surface area contributed by atoms with Crippen LogP contribution in [0, 0.1) is 0 Å². The third kappa shape index (κ3) is 6.18. The summed E-state index contributed by atoms with van der Waals surface area (Å²) in [5.41, 5.74) is 7.93. The molecular weight excluding hydrogens is 773 g/mol. The van der Waals surface area contributed by atoms with Crippen LogP contribution in [-0.2, 0) is 0 Å². The Morgan fingerprint density at radius 1 is 0.371 bits per heavy atom. The maximum Gasteiger partial charge on any atom is 0.166 e. The molecule has 5 heteroatoms. The Bertz CT molecular complexity index is 3970. The van der Waals surface area contributed by atoms with Crippen LogP contribution < -0.4 is 0 Å². The summed E-state index contributed by atoms with van der Waals surface area (Å²) in [4.78, 5) is 15.7. The van der Waals surface area contributed by atoms with Crippen molar-refractivity contribution < 1.29 is 11.0 Å². The average Bonchev–Trinajstić information content (AvgIpc) is 3.98. The molecule has 0 atom stereocenters. The van der Waals surface area contributed by atoms with E-state index in [0.717, 1.165) is 64.7 Å². The predicted octanol–water partition coefficient (Wildman–Crippen LogP) is 15.3. The summed E-state index contributed by atoms with van der Waals surface area (Å²) >= 11 is 1.65. The first kappa shape index (κ1) is 28.5. The molecule has 62 heavy (non-hydrogen) atoms. The van der Waals surface area contributed by atoms with Gasteiger partial charge in [-0.15, -0.1) is 11.3 Å². The SMILES string of the molecule is [2H]c1c([2H])c([2H])c2c(c1[2H])c1c([2H])c([2H])c([2H])c([2H])c1n2-c1ccc(-c2cc(-c3ccccc3)cc(-c3ccccc3)c2)cc1-c1nc(-c2ccccc2)nc(-c2cccc3c2sc2ccccc23)n1. The maximum atomic E-state index is 9.41. The van der Waals surface area contributed by atoms with Crippen LogP contribution in [0.5, 0.6) is 0 Å². The van der Waals surface area contributed by atoms with Crippen molar-refractivity contribution in [2.45, 2.75) is 0 Å². The van der Waals surface area contributed by atoms with Crippen molar-refractivity contribution in [1.29, 1.82) is 0 Å². The standard InChI is InChI=1S/C57H36N4S/c1-4-17-37(18-5-1)41-33-42(38-19-6-2-7-20-38)35-43(34-41)40-31-32-52(61-50-28-13-10-23-44(50)45-24-11-14-29-51(45)61)49(36-40)57-59-55(39-21-8-3-9-22-39)58-56(60-57)48-27-16-26-47-46-25-12-15-30-53(46)62-54(47)48/h1-36H/i10D,11D,13D,14D,23D,24D,28D,29D. The molecule has 290 valence electrons. The molecule has 0 saturated carbocycles. The predicted molar refractivity (Wildman–Crippen MR) is 260 cm³/mol. The van der Waals surface area contributed by atoms with E-state index >= 15 is 0 Å². The van der Waals surface area contributed by atoms with Crippen molar-refractivity contribution >= 4 is 53.3 Å². The highest BCUT2D eigenvalue weighted by atomic mass is 32.1. The summed E-state index contributed by atoms with van der Waals surface area (Å²) in [6.45, 7) is 0. The van der Waals surface area contributed by atoms with Crippen LogP contribution >= 0.6 is 11.3 Å². The molecule has 0 spiro atoms. The van der Waals surface area contributed by atoms with Gasteiger partial charge < -0.3 is 4.57 Å². The molecule has 0 radical (unpaired) electrons. The van der Waals surface area contributed by atoms with Crippen molar-refractivity contribution in [3.05, 3.63) is 218 Å². The van der Waals surface area contributed by atoms with E-state index in [1.807, 2.05) is 109 Å². The van der Waals surface area contributed by atoms with E-state index in [4.69, 9.17) is 20.4 Å². The number of hydrogen-bond donors (Lipinski definition) is 0. The Kier molecular flexibility index (Phi) is 6.86. The largest absolute Gasteiger partial charge is 0.309 e. The summed E-state index contributed by atoms with van der Waals surface area (Å²) in [7, 11) is 0. The van der Waals surface area contributed by atoms with Gasteiger partial charge in [0.05, 0.1) is 27.7 Å². The molecule has 0 aliphatic carbocycles. The molecule has 0 saturated heterocycles. The van der Waals surface area contributed by atoms with Crippen molar-refractivity contribution in [2.24, 2.45) is 0 Å². The van der Waals surface area contributed by atoms with Gasteiger partial charge in [0.15, 0.2) is 17.5 Å². The van der Waals surface area contributed by atoms with Crippen LogP contribution in [0.4, 0.5) is 0 Å². The Balaban J connectivity index is 1.22. The second-order valence-corrected chi connectivity index (χ2v) is 16.1. The van der Waals surface area contributed by atoms with Crippen molar-refractivity contribution in [2.75, 3.05) is 0 Å². The van der Waals surface area contributed by atoms with Crippen LogP contribution in [0.2, 0.25) is 0 Å². The lowest BCUT2D eigenvalue weighted by Crippen LogP contribution is -2.04. The minimum Gasteiger partial charge on any atom is -0.309 e. The summed E-state index contributed by atoms with van der Waals surface area (Å²) < 4.78 is 76.0. The number of fused-ring (bicyclic) bond motifs is 6. The van der Waals surface area contributed by atoms with Gasteiger partial charge in [-0.3, -0.25) is 0 Å². The van der Waals surface area contributed by atoms with Gasteiger partial charge in [-0.2, -0.15) is 0 Å². The topological polar surface area (TPSA) is 43.6 Å². The third-order valence-electron chi connectivity index (χ3n) is 11.3. The molecule has 3 aromatic heterocycles. The molecule has 12 aromatic rings. The number of aromatic nitrogens is 4. The minimum absolute atomic E-state index is 0.00737. The maximum absolute atomic E-state index is 9.41. The first-order chi connectivity index (χ1) is 34.0. The first-order valence-corrected chi connectivity index (χ1v) is 21.0. The number of rotatable bonds is 7. The molecule has 0 aliphatic heterocycles. The molecule has 0 fully saturated rings. The molecule has 12 rings (SSSR count). The molecule has 3 heterocycles. The van der Waals surface area contributed by atoms with Crippen LogP contribution in [0.1, 0.15) is 11.0 Å². The van der Waals surface area contributed by atoms with Crippen molar-refractivity contribution in [3.63, 3.8) is 0 Å². The van der Waals surface area contributed by atoms with Crippen LogP contribution in [0.15, 0.2) is 218 Å².